The lowest BCUT2D eigenvalue weighted by atomic mass is 9.51. The molecule has 0 aliphatic rings. The standard InChI is InChI=1S/C92H208N22O22/c1-77(12-44-125-55-33-88(113,23-2-34-115-56-66-126-45-13-78(93)94)24-3-35-116-57-67-127-46-14-79(95)96)76-89(25-4-36-117-58-68-128-47-15-80(97)98,26-5-37-118-59-69-129-48-16-81(99)100)136-92(31-10-42-123-64-74-134-53-21-86(109)110,32-11-43-124-65-75-135-54-22-87(111)112)90(27-6-38-119-60-70-130-49-17-82(101)102,28-7-39-120-61-71-131-50-18-83(103)104)91(114,29-8-40-121-62-72-132-51-19-84(105)106)30-9-41-122-63-73-133-52-20-85(107)108/h77-87H,2-76,93-114H2,1H3. The Bertz CT molecular complexity index is 2350. The molecule has 1 atom stereocenters. The maximum Gasteiger partial charge on any atom is 0.0765 e. The van der Waals surface area contributed by atoms with Crippen molar-refractivity contribution in [2.45, 2.75) is 303 Å². The van der Waals surface area contributed by atoms with E-state index in [0.717, 1.165) is 12.8 Å². The van der Waals surface area contributed by atoms with Gasteiger partial charge in [0.25, 0.3) is 0 Å². The van der Waals surface area contributed by atoms with Crippen molar-refractivity contribution in [3.63, 3.8) is 0 Å². The molecule has 0 aromatic carbocycles. The average Bonchev–Trinajstić information content (AvgIpc) is 0.716. The summed E-state index contributed by atoms with van der Waals surface area (Å²) >= 11 is 0. The predicted molar refractivity (Wildman–Crippen MR) is 533 cm³/mol. The van der Waals surface area contributed by atoms with E-state index in [1.165, 1.54) is 0 Å². The smallest absolute Gasteiger partial charge is 0.0765 e. The molecular formula is C92H208N22O22. The molecule has 0 spiro atoms. The Kier molecular flexibility index (Phi) is 91.8. The van der Waals surface area contributed by atoms with Crippen LogP contribution in [0.3, 0.4) is 0 Å². The number of ether oxygens (including phenoxy) is 22. The van der Waals surface area contributed by atoms with E-state index in [4.69, 9.17) is 230 Å². The van der Waals surface area contributed by atoms with Crippen LogP contribution in [0.15, 0.2) is 0 Å². The van der Waals surface area contributed by atoms with Gasteiger partial charge < -0.3 is 230 Å². The topological polar surface area (TPSA) is 776 Å². The molecule has 0 aromatic heterocycles. The zero-order chi connectivity index (χ0) is 100. The zero-order valence-electron chi connectivity index (χ0n) is 84.6. The molecule has 818 valence electrons. The highest BCUT2D eigenvalue weighted by atomic mass is 16.6. The lowest BCUT2D eigenvalue weighted by Gasteiger charge is -2.63. The van der Waals surface area contributed by atoms with Crippen LogP contribution in [-0.4, -0.2) is 361 Å². The highest BCUT2D eigenvalue weighted by Gasteiger charge is 2.62. The van der Waals surface area contributed by atoms with E-state index >= 15 is 0 Å². The Morgan fingerprint density at radius 3 is 0.551 bits per heavy atom. The molecule has 0 radical (unpaired) electrons. The lowest BCUT2D eigenvalue weighted by Crippen LogP contribution is -2.69. The van der Waals surface area contributed by atoms with Crippen LogP contribution in [0, 0.1) is 11.3 Å². The summed E-state index contributed by atoms with van der Waals surface area (Å²) in [5.41, 5.74) is 130. The largest absolute Gasteiger partial charge is 0.381 e. The summed E-state index contributed by atoms with van der Waals surface area (Å²) in [5.74, 6) is -0.0340. The summed E-state index contributed by atoms with van der Waals surface area (Å²) in [5, 5.41) is 0. The minimum atomic E-state index is -1.19. The van der Waals surface area contributed by atoms with Gasteiger partial charge in [-0.3, -0.25) is 0 Å². The first kappa shape index (κ1) is 134. The van der Waals surface area contributed by atoms with Gasteiger partial charge in [0.1, 0.15) is 0 Å². The molecule has 0 aliphatic heterocycles. The van der Waals surface area contributed by atoms with Gasteiger partial charge in [-0.25, -0.2) is 0 Å². The molecule has 0 amide bonds. The number of hydrogen-bond donors (Lipinski definition) is 22. The first-order chi connectivity index (χ1) is 65.5. The van der Waals surface area contributed by atoms with Crippen molar-refractivity contribution >= 4 is 0 Å². The molecule has 0 saturated heterocycles. The molecular weight excluding hydrogens is 1770 g/mol. The summed E-state index contributed by atoms with van der Waals surface area (Å²) in [6, 6.07) is 0. The van der Waals surface area contributed by atoms with E-state index in [-0.39, 0.29) is 5.92 Å². The average molecular weight is 1970 g/mol. The second kappa shape index (κ2) is 93.1. The highest BCUT2D eigenvalue weighted by molar-refractivity contribution is 5.15. The Balaban J connectivity index is 9.66. The van der Waals surface area contributed by atoms with Crippen LogP contribution in [0.1, 0.15) is 219 Å². The van der Waals surface area contributed by atoms with Crippen molar-refractivity contribution in [2.75, 3.05) is 277 Å². The Morgan fingerprint density at radius 2 is 0.338 bits per heavy atom. The molecule has 44 nitrogen and oxygen atoms in total. The van der Waals surface area contributed by atoms with Crippen LogP contribution in [0.25, 0.3) is 0 Å². The predicted octanol–water partition coefficient (Wildman–Crippen LogP) is -0.845. The van der Waals surface area contributed by atoms with Gasteiger partial charge in [0.05, 0.1) is 205 Å². The molecule has 0 saturated carbocycles. The third kappa shape index (κ3) is 82.4. The molecule has 0 heterocycles. The fourth-order valence-electron chi connectivity index (χ4n) is 15.9. The summed E-state index contributed by atoms with van der Waals surface area (Å²) < 4.78 is 140. The SMILES string of the molecule is CC(CCOCCC(N)(CCCOCCOCCC(N)N)CCCOCCOCCC(N)N)CC(CCCOCCOCCC(N)N)(CCCOCCOCCC(N)N)OC(CCCOCCOCCC(N)N)(CCCOCCOCCC(N)N)C(CCCOCCOCCC(N)N)(CCCOCCOCCC(N)N)C(N)(CCCOCCOCCC(N)N)CCCOCCOCCC(N)N. The number of nitrogens with two attached hydrogens (primary N) is 22. The third-order valence-corrected chi connectivity index (χ3v) is 23.2. The number of hydrogen-bond acceptors (Lipinski definition) is 44. The Labute approximate surface area is 818 Å². The van der Waals surface area contributed by atoms with Crippen LogP contribution in [0.4, 0.5) is 0 Å². The molecule has 0 aliphatic carbocycles. The van der Waals surface area contributed by atoms with Gasteiger partial charge in [-0.15, -0.1) is 0 Å². The Hall–Kier alpha value is -1.76. The second-order valence-electron chi connectivity index (χ2n) is 36.1. The van der Waals surface area contributed by atoms with Crippen molar-refractivity contribution in [3.8, 4) is 0 Å². The van der Waals surface area contributed by atoms with E-state index in [0.29, 0.717) is 477 Å². The van der Waals surface area contributed by atoms with Gasteiger partial charge in [-0.1, -0.05) is 6.92 Å². The van der Waals surface area contributed by atoms with Gasteiger partial charge >= 0.3 is 0 Å². The van der Waals surface area contributed by atoms with Gasteiger partial charge in [0.15, 0.2) is 0 Å². The lowest BCUT2D eigenvalue weighted by molar-refractivity contribution is -0.259. The van der Waals surface area contributed by atoms with E-state index < -0.39 is 89.4 Å². The van der Waals surface area contributed by atoms with Gasteiger partial charge in [0, 0.05) is 162 Å². The molecule has 0 fully saturated rings. The minimum Gasteiger partial charge on any atom is -0.381 e. The quantitative estimate of drug-likeness (QED) is 0.0261. The summed E-state index contributed by atoms with van der Waals surface area (Å²) in [4.78, 5) is 0. The van der Waals surface area contributed by atoms with E-state index in [1.54, 1.807) is 0 Å². The molecule has 0 bridgehead atoms. The summed E-state index contributed by atoms with van der Waals surface area (Å²) in [6.45, 7) is 17.7. The van der Waals surface area contributed by atoms with Crippen LogP contribution in [-0.2, 0) is 104 Å². The highest BCUT2D eigenvalue weighted by Crippen LogP contribution is 2.59. The van der Waals surface area contributed by atoms with Crippen molar-refractivity contribution in [2.24, 2.45) is 137 Å². The molecule has 0 rings (SSSR count). The van der Waals surface area contributed by atoms with Crippen molar-refractivity contribution in [1.82, 2.24) is 0 Å². The van der Waals surface area contributed by atoms with Crippen LogP contribution < -0.4 is 126 Å². The van der Waals surface area contributed by atoms with Crippen molar-refractivity contribution in [1.29, 1.82) is 0 Å². The molecule has 136 heavy (non-hydrogen) atoms. The van der Waals surface area contributed by atoms with Gasteiger partial charge in [0.2, 0.25) is 0 Å². The fourth-order valence-corrected chi connectivity index (χ4v) is 15.9. The minimum absolute atomic E-state index is 0.0340. The molecule has 1 unspecified atom stereocenters. The summed E-state index contributed by atoms with van der Waals surface area (Å²) in [7, 11) is 0. The van der Waals surface area contributed by atoms with Crippen LogP contribution in [0.5, 0.6) is 0 Å². The van der Waals surface area contributed by atoms with Crippen molar-refractivity contribution < 1.29 is 104 Å². The number of rotatable bonds is 112. The summed E-state index contributed by atoms with van der Waals surface area (Å²) in [6.07, 6.45) is 12.9. The van der Waals surface area contributed by atoms with Crippen LogP contribution >= 0.6 is 0 Å². The fraction of sp³-hybridized carbons (Fsp3) is 1.00. The molecule has 0 aromatic rings. The van der Waals surface area contributed by atoms with Crippen molar-refractivity contribution in [3.05, 3.63) is 0 Å². The van der Waals surface area contributed by atoms with E-state index in [1.807, 2.05) is 0 Å². The van der Waals surface area contributed by atoms with Gasteiger partial charge in [-0.2, -0.15) is 0 Å². The maximum atomic E-state index is 9.17. The molecule has 44 N–H and O–H groups in total. The van der Waals surface area contributed by atoms with E-state index in [9.17, 15) is 0 Å². The zero-order valence-corrected chi connectivity index (χ0v) is 84.6. The van der Waals surface area contributed by atoms with E-state index in [2.05, 4.69) is 6.92 Å². The Morgan fingerprint density at radius 1 is 0.169 bits per heavy atom. The second-order valence-corrected chi connectivity index (χ2v) is 36.1. The van der Waals surface area contributed by atoms with Gasteiger partial charge in [-0.05, 0) is 218 Å². The monoisotopic (exact) mass is 1970 g/mol. The van der Waals surface area contributed by atoms with Crippen LogP contribution in [0.2, 0.25) is 0 Å². The first-order valence-electron chi connectivity index (χ1n) is 51.0. The molecule has 44 heteroatoms. The normalized spacial score (nSPS) is 13.2. The first-order valence-corrected chi connectivity index (χ1v) is 51.0. The third-order valence-electron chi connectivity index (χ3n) is 23.2. The maximum absolute atomic E-state index is 9.17.